The van der Waals surface area contributed by atoms with Gasteiger partial charge in [-0.15, -0.1) is 0 Å². The Morgan fingerprint density at radius 1 is 0.950 bits per heavy atom. The number of benzene rings is 2. The van der Waals surface area contributed by atoms with Crippen LogP contribution in [0.2, 0.25) is 0 Å². The van der Waals surface area contributed by atoms with Gasteiger partial charge in [0.2, 0.25) is 0 Å². The number of para-hydroxylation sites is 2. The molecule has 0 saturated carbocycles. The quantitative estimate of drug-likeness (QED) is 0.247. The minimum Gasteiger partial charge on any atom is -0.496 e. The van der Waals surface area contributed by atoms with E-state index in [1.54, 1.807) is 7.11 Å². The van der Waals surface area contributed by atoms with E-state index in [9.17, 15) is 19.5 Å². The highest BCUT2D eigenvalue weighted by Gasteiger charge is 2.41. The maximum atomic E-state index is 11.2. The Hall–Kier alpha value is -4.26. The topological polar surface area (TPSA) is 183 Å². The number of aliphatic carboxylic acids is 3. The molecule has 0 aliphatic carbocycles. The lowest BCUT2D eigenvalue weighted by molar-refractivity contribution is -0.170. The van der Waals surface area contributed by atoms with Gasteiger partial charge in [-0.25, -0.2) is 9.48 Å². The van der Waals surface area contributed by atoms with Crippen molar-refractivity contribution in [1.82, 2.24) is 14.7 Å². The van der Waals surface area contributed by atoms with E-state index >= 15 is 0 Å². The summed E-state index contributed by atoms with van der Waals surface area (Å²) in [5, 5.41) is 49.5. The first kappa shape index (κ1) is 30.3. The average molecular weight is 556 g/mol. The zero-order valence-corrected chi connectivity index (χ0v) is 22.0. The van der Waals surface area contributed by atoms with Gasteiger partial charge in [0.05, 0.1) is 37.4 Å². The van der Waals surface area contributed by atoms with E-state index in [0.717, 1.165) is 36.6 Å². The van der Waals surface area contributed by atoms with E-state index in [-0.39, 0.29) is 0 Å². The zero-order chi connectivity index (χ0) is 29.3. The molecule has 1 saturated heterocycles. The molecule has 214 valence electrons. The Morgan fingerprint density at radius 3 is 2.08 bits per heavy atom. The highest BCUT2D eigenvalue weighted by Crippen LogP contribution is 2.38. The number of piperidine rings is 1. The first-order valence-electron chi connectivity index (χ1n) is 12.5. The summed E-state index contributed by atoms with van der Waals surface area (Å²) in [5.74, 6) is -4.26. The van der Waals surface area contributed by atoms with Crippen molar-refractivity contribution < 1.29 is 44.7 Å². The molecule has 5 N–H and O–H groups in total. The first-order chi connectivity index (χ1) is 19.0. The van der Waals surface area contributed by atoms with Crippen LogP contribution in [0.3, 0.4) is 0 Å². The summed E-state index contributed by atoms with van der Waals surface area (Å²) in [4.78, 5) is 32.9. The summed E-state index contributed by atoms with van der Waals surface area (Å²) in [6.07, 6.45) is 3.11. The third kappa shape index (κ3) is 7.88. The smallest absolute Gasteiger partial charge is 0.336 e. The maximum absolute atomic E-state index is 11.2. The van der Waals surface area contributed by atoms with Gasteiger partial charge >= 0.3 is 17.9 Å². The first-order valence-corrected chi connectivity index (χ1v) is 12.5. The second-order valence-corrected chi connectivity index (χ2v) is 9.61. The lowest BCUT2D eigenvalue weighted by atomic mass is 9.84. The van der Waals surface area contributed by atoms with Crippen molar-refractivity contribution in [2.24, 2.45) is 0 Å². The second kappa shape index (κ2) is 13.2. The monoisotopic (exact) mass is 555 g/mol. The van der Waals surface area contributed by atoms with Crippen LogP contribution >= 0.6 is 0 Å². The maximum Gasteiger partial charge on any atom is 0.336 e. The predicted octanol–water partition coefficient (Wildman–Crippen LogP) is 2.12. The van der Waals surface area contributed by atoms with Crippen LogP contribution in [0.4, 0.5) is 0 Å². The van der Waals surface area contributed by atoms with Crippen molar-refractivity contribution in [2.75, 3.05) is 20.2 Å². The van der Waals surface area contributed by atoms with Gasteiger partial charge in [-0.05, 0) is 31.0 Å². The van der Waals surface area contributed by atoms with Gasteiger partial charge in [0.15, 0.2) is 5.60 Å². The Kier molecular flexibility index (Phi) is 9.99. The number of carboxylic acid groups (broad SMARTS) is 3. The summed E-state index contributed by atoms with van der Waals surface area (Å²) >= 11 is 0. The van der Waals surface area contributed by atoms with Crippen molar-refractivity contribution in [3.8, 4) is 11.4 Å². The predicted molar refractivity (Wildman–Crippen MR) is 142 cm³/mol. The van der Waals surface area contributed by atoms with Gasteiger partial charge in [0.25, 0.3) is 0 Å². The fourth-order valence-electron chi connectivity index (χ4n) is 4.52. The van der Waals surface area contributed by atoms with Crippen LogP contribution in [0.15, 0.2) is 67.0 Å². The van der Waals surface area contributed by atoms with Gasteiger partial charge in [-0.1, -0.05) is 36.4 Å². The largest absolute Gasteiger partial charge is 0.496 e. The lowest BCUT2D eigenvalue weighted by Crippen LogP contribution is -2.42. The summed E-state index contributed by atoms with van der Waals surface area (Å²) < 4.78 is 7.35. The van der Waals surface area contributed by atoms with Crippen molar-refractivity contribution in [2.45, 2.75) is 43.4 Å². The van der Waals surface area contributed by atoms with Crippen LogP contribution < -0.4 is 4.74 Å². The molecule has 3 aromatic rings. The Labute approximate surface area is 230 Å². The summed E-state index contributed by atoms with van der Waals surface area (Å²) in [6.45, 7) is 2.52. The number of aromatic nitrogens is 2. The van der Waals surface area contributed by atoms with Crippen molar-refractivity contribution in [3.05, 3.63) is 78.1 Å². The molecule has 0 atom stereocenters. The van der Waals surface area contributed by atoms with E-state index in [4.69, 9.17) is 25.2 Å². The minimum atomic E-state index is -2.74. The number of ether oxygens (including phenoxy) is 1. The number of hydrogen-bond donors (Lipinski definition) is 5. The number of aliphatic hydroxyl groups is 2. The molecule has 1 aliphatic heterocycles. The normalized spacial score (nSPS) is 15.0. The van der Waals surface area contributed by atoms with Crippen LogP contribution in [0.5, 0.6) is 5.75 Å². The zero-order valence-electron chi connectivity index (χ0n) is 22.0. The molecule has 0 radical (unpaired) electrons. The second-order valence-electron chi connectivity index (χ2n) is 9.61. The van der Waals surface area contributed by atoms with Crippen LogP contribution in [0, 0.1) is 0 Å². The standard InChI is InChI=1S/C22H25N3O2.C6H8O7/c1-27-21-10-6-5-9-20(21)22(26)11-13-24(14-12-22)16-18-15-23-25(17-18)19-7-3-2-4-8-19;7-3(8)1-6(13,5(11)12)2-4(9)10/h2-10,15,17,26H,11-14,16H2,1H3;13H,1-2H2,(H,7,8)(H,9,10)(H,11,12). The summed E-state index contributed by atoms with van der Waals surface area (Å²) in [5.41, 5.74) is -0.423. The number of methoxy groups -OCH3 is 1. The van der Waals surface area contributed by atoms with Gasteiger partial charge in [0.1, 0.15) is 5.75 Å². The molecule has 1 aliphatic rings. The molecule has 1 aromatic heterocycles. The molecule has 2 aromatic carbocycles. The van der Waals surface area contributed by atoms with E-state index in [0.29, 0.717) is 12.8 Å². The Bertz CT molecular complexity index is 1290. The van der Waals surface area contributed by atoms with E-state index in [1.807, 2.05) is 65.5 Å². The van der Waals surface area contributed by atoms with E-state index in [1.165, 1.54) is 5.56 Å². The summed E-state index contributed by atoms with van der Waals surface area (Å²) in [7, 11) is 1.65. The highest BCUT2D eigenvalue weighted by atomic mass is 16.5. The Balaban J connectivity index is 0.000000289. The van der Waals surface area contributed by atoms with Crippen LogP contribution in [0.25, 0.3) is 5.69 Å². The van der Waals surface area contributed by atoms with E-state index < -0.39 is 42.0 Å². The van der Waals surface area contributed by atoms with Crippen LogP contribution in [-0.4, -0.2) is 83.9 Å². The molecule has 2 heterocycles. The number of carboxylic acids is 3. The highest BCUT2D eigenvalue weighted by molar-refractivity contribution is 5.88. The van der Waals surface area contributed by atoms with E-state index in [2.05, 4.69) is 16.2 Å². The molecule has 40 heavy (non-hydrogen) atoms. The van der Waals surface area contributed by atoms with Gasteiger partial charge < -0.3 is 30.3 Å². The minimum absolute atomic E-state index is 0.695. The summed E-state index contributed by atoms with van der Waals surface area (Å²) in [6, 6.07) is 17.9. The van der Waals surface area contributed by atoms with Gasteiger partial charge in [-0.2, -0.15) is 5.10 Å². The molecule has 12 heteroatoms. The van der Waals surface area contributed by atoms with Crippen LogP contribution in [0.1, 0.15) is 36.8 Å². The molecule has 12 nitrogen and oxygen atoms in total. The lowest BCUT2D eigenvalue weighted by Gasteiger charge is -2.38. The third-order valence-electron chi connectivity index (χ3n) is 6.64. The number of nitrogens with zero attached hydrogens (tertiary/aromatic N) is 3. The molecule has 1 fully saturated rings. The number of likely N-dealkylation sites (tertiary alicyclic amines) is 1. The molecular formula is C28H33N3O9. The van der Waals surface area contributed by atoms with Gasteiger partial charge in [0, 0.05) is 37.0 Å². The molecule has 0 unspecified atom stereocenters. The SMILES string of the molecule is COc1ccccc1C1(O)CCN(Cc2cnn(-c3ccccc3)c2)CC1.O=C(O)CC(O)(CC(=O)O)C(=O)O. The molecule has 0 amide bonds. The van der Waals surface area contributed by atoms with Crippen LogP contribution in [-0.2, 0) is 26.5 Å². The fourth-order valence-corrected chi connectivity index (χ4v) is 4.52. The molecular weight excluding hydrogens is 522 g/mol. The number of carbonyl (C=O) groups is 3. The number of rotatable bonds is 10. The van der Waals surface area contributed by atoms with Crippen molar-refractivity contribution >= 4 is 17.9 Å². The Morgan fingerprint density at radius 2 is 1.52 bits per heavy atom. The fraction of sp³-hybridized carbons (Fsp3) is 0.357. The third-order valence-corrected chi connectivity index (χ3v) is 6.64. The van der Waals surface area contributed by atoms with Gasteiger partial charge in [-0.3, -0.25) is 14.5 Å². The molecule has 4 rings (SSSR count). The molecule has 0 bridgehead atoms. The number of hydrogen-bond acceptors (Lipinski definition) is 8. The van der Waals surface area contributed by atoms with Crippen molar-refractivity contribution in [1.29, 1.82) is 0 Å². The van der Waals surface area contributed by atoms with Crippen molar-refractivity contribution in [3.63, 3.8) is 0 Å². The average Bonchev–Trinajstić information content (AvgIpc) is 3.38. The molecule has 0 spiro atoms.